The number of ketones is 1. The lowest BCUT2D eigenvalue weighted by Crippen LogP contribution is -2.31. The quantitative estimate of drug-likeness (QED) is 0.303. The molecule has 1 aliphatic heterocycles. The van der Waals surface area contributed by atoms with Gasteiger partial charge >= 0.3 is 0 Å². The molecule has 5 nitrogen and oxygen atoms in total. The fourth-order valence-electron chi connectivity index (χ4n) is 4.20. The third-order valence-corrected chi connectivity index (χ3v) is 6.60. The van der Waals surface area contributed by atoms with Crippen molar-refractivity contribution < 1.29 is 23.5 Å². The molecule has 1 atom stereocenters. The monoisotopic (exact) mass is 519 g/mol. The van der Waals surface area contributed by atoms with Crippen molar-refractivity contribution in [3.8, 4) is 0 Å². The third-order valence-electron chi connectivity index (χ3n) is 6.11. The van der Waals surface area contributed by atoms with Gasteiger partial charge in [0.2, 0.25) is 5.78 Å². The second kappa shape index (κ2) is 8.25. The smallest absolute Gasteiger partial charge is 0.294 e. The number of aliphatic hydroxyl groups is 1. The Morgan fingerprint density at radius 3 is 2.44 bits per heavy atom. The zero-order chi connectivity index (χ0) is 24.1. The van der Waals surface area contributed by atoms with Crippen LogP contribution in [0.1, 0.15) is 33.3 Å². The van der Waals surface area contributed by atoms with Crippen LogP contribution in [0.25, 0.3) is 11.0 Å². The van der Waals surface area contributed by atoms with Crippen molar-refractivity contribution in [2.24, 2.45) is 0 Å². The number of fused-ring (bicyclic) bond motifs is 1. The maximum Gasteiger partial charge on any atom is 0.294 e. The van der Waals surface area contributed by atoms with E-state index in [1.807, 2.05) is 32.0 Å². The Bertz CT molecular complexity index is 1500. The number of amides is 1. The number of carbonyl (C=O) groups excluding carboxylic acids is 2. The molecule has 0 aliphatic carbocycles. The molecule has 4 aromatic rings. The molecule has 0 fully saturated rings. The first-order valence-electron chi connectivity index (χ1n) is 10.6. The zero-order valence-corrected chi connectivity index (χ0v) is 19.9. The fourth-order valence-corrected chi connectivity index (χ4v) is 4.58. The molecule has 1 amide bonds. The minimum Gasteiger partial charge on any atom is -0.503 e. The van der Waals surface area contributed by atoms with Crippen LogP contribution in [-0.4, -0.2) is 16.8 Å². The standard InChI is InChI=1S/C27H19BrFNO4/c1-14-3-9-20(11-15(14)2)30-24(16-4-7-19(29)8-5-16)23(26(32)27(30)33)25(31)22-13-17-12-18(28)6-10-21(17)34-22/h3-13,24,32H,1-2H3. The minimum absolute atomic E-state index is 0.00324. The third kappa shape index (κ3) is 3.62. The topological polar surface area (TPSA) is 70.8 Å². The molecule has 0 saturated carbocycles. The predicted molar refractivity (Wildman–Crippen MR) is 130 cm³/mol. The highest BCUT2D eigenvalue weighted by molar-refractivity contribution is 9.10. The van der Waals surface area contributed by atoms with Crippen LogP contribution in [0.2, 0.25) is 0 Å². The van der Waals surface area contributed by atoms with Crippen molar-refractivity contribution in [3.63, 3.8) is 0 Å². The number of furan rings is 1. The van der Waals surface area contributed by atoms with Crippen molar-refractivity contribution in [1.82, 2.24) is 0 Å². The van der Waals surface area contributed by atoms with E-state index in [0.29, 0.717) is 22.2 Å². The van der Waals surface area contributed by atoms with Gasteiger partial charge in [0.05, 0.1) is 11.6 Å². The summed E-state index contributed by atoms with van der Waals surface area (Å²) >= 11 is 3.40. The van der Waals surface area contributed by atoms with E-state index in [1.54, 1.807) is 24.3 Å². The van der Waals surface area contributed by atoms with E-state index in [-0.39, 0.29) is 11.3 Å². The van der Waals surface area contributed by atoms with Gasteiger partial charge in [-0.15, -0.1) is 0 Å². The first-order valence-corrected chi connectivity index (χ1v) is 11.4. The van der Waals surface area contributed by atoms with E-state index in [9.17, 15) is 19.1 Å². The Morgan fingerprint density at radius 2 is 1.74 bits per heavy atom. The molecule has 170 valence electrons. The van der Waals surface area contributed by atoms with Gasteiger partial charge in [-0.25, -0.2) is 4.39 Å². The van der Waals surface area contributed by atoms with Crippen LogP contribution in [0.5, 0.6) is 0 Å². The fraction of sp³-hybridized carbons (Fsp3) is 0.111. The molecule has 1 N–H and O–H groups in total. The van der Waals surface area contributed by atoms with Crippen LogP contribution in [-0.2, 0) is 4.79 Å². The summed E-state index contributed by atoms with van der Waals surface area (Å²) in [5.74, 6) is -2.43. The summed E-state index contributed by atoms with van der Waals surface area (Å²) in [6.07, 6.45) is 0. The molecule has 5 rings (SSSR count). The van der Waals surface area contributed by atoms with E-state index in [2.05, 4.69) is 15.9 Å². The van der Waals surface area contributed by atoms with Gasteiger partial charge in [-0.3, -0.25) is 14.5 Å². The van der Waals surface area contributed by atoms with Crippen molar-refractivity contribution in [1.29, 1.82) is 0 Å². The molecule has 7 heteroatoms. The summed E-state index contributed by atoms with van der Waals surface area (Å²) in [7, 11) is 0. The lowest BCUT2D eigenvalue weighted by atomic mass is 9.94. The van der Waals surface area contributed by atoms with Crippen LogP contribution >= 0.6 is 15.9 Å². The number of hydrogen-bond donors (Lipinski definition) is 1. The number of carbonyl (C=O) groups is 2. The van der Waals surface area contributed by atoms with E-state index in [0.717, 1.165) is 15.6 Å². The Morgan fingerprint density at radius 1 is 1.00 bits per heavy atom. The lowest BCUT2D eigenvalue weighted by Gasteiger charge is -2.27. The highest BCUT2D eigenvalue weighted by Crippen LogP contribution is 2.42. The van der Waals surface area contributed by atoms with Crippen molar-refractivity contribution in [2.75, 3.05) is 4.90 Å². The lowest BCUT2D eigenvalue weighted by molar-refractivity contribution is -0.117. The molecule has 0 spiro atoms. The number of halogens is 2. The molecule has 34 heavy (non-hydrogen) atoms. The normalized spacial score (nSPS) is 16.1. The number of aliphatic hydroxyl groups excluding tert-OH is 1. The van der Waals surface area contributed by atoms with E-state index >= 15 is 0 Å². The number of rotatable bonds is 4. The van der Waals surface area contributed by atoms with Gasteiger partial charge in [0.15, 0.2) is 11.5 Å². The van der Waals surface area contributed by atoms with Crippen LogP contribution < -0.4 is 4.90 Å². The maximum atomic E-state index is 13.7. The van der Waals surface area contributed by atoms with E-state index in [4.69, 9.17) is 4.42 Å². The van der Waals surface area contributed by atoms with Gasteiger partial charge < -0.3 is 9.52 Å². The molecule has 0 bridgehead atoms. The molecule has 2 heterocycles. The van der Waals surface area contributed by atoms with Gasteiger partial charge in [-0.05, 0) is 79.1 Å². The predicted octanol–water partition coefficient (Wildman–Crippen LogP) is 6.73. The molecule has 1 aliphatic rings. The number of anilines is 1. The first kappa shape index (κ1) is 22.1. The molecule has 1 unspecified atom stereocenters. The van der Waals surface area contributed by atoms with Gasteiger partial charge in [-0.2, -0.15) is 0 Å². The van der Waals surface area contributed by atoms with Crippen molar-refractivity contribution >= 4 is 44.3 Å². The molecule has 0 saturated heterocycles. The van der Waals surface area contributed by atoms with Gasteiger partial charge in [0, 0.05) is 15.5 Å². The average molecular weight is 520 g/mol. The van der Waals surface area contributed by atoms with E-state index in [1.165, 1.54) is 29.2 Å². The number of Topliss-reactive ketones (excluding diaryl/α,β-unsaturated/α-hetero) is 1. The summed E-state index contributed by atoms with van der Waals surface area (Å²) in [4.78, 5) is 28.3. The Balaban J connectivity index is 1.66. The average Bonchev–Trinajstić information content (AvgIpc) is 3.34. The van der Waals surface area contributed by atoms with E-state index < -0.39 is 29.3 Å². The van der Waals surface area contributed by atoms with Crippen LogP contribution in [0, 0.1) is 19.7 Å². The summed E-state index contributed by atoms with van der Waals surface area (Å²) < 4.78 is 20.3. The summed E-state index contributed by atoms with van der Waals surface area (Å²) in [5.41, 5.74) is 3.37. The Hall–Kier alpha value is -3.71. The van der Waals surface area contributed by atoms with Gasteiger partial charge in [0.25, 0.3) is 5.91 Å². The Kier molecular flexibility index (Phi) is 5.37. The largest absolute Gasteiger partial charge is 0.503 e. The van der Waals surface area contributed by atoms with Crippen LogP contribution in [0.4, 0.5) is 10.1 Å². The van der Waals surface area contributed by atoms with Gasteiger partial charge in [-0.1, -0.05) is 34.1 Å². The maximum absolute atomic E-state index is 13.7. The van der Waals surface area contributed by atoms with Crippen molar-refractivity contribution in [3.05, 3.63) is 111 Å². The molecule has 0 radical (unpaired) electrons. The number of benzene rings is 3. The molecule has 1 aromatic heterocycles. The molecule has 3 aromatic carbocycles. The second-order valence-electron chi connectivity index (χ2n) is 8.28. The second-order valence-corrected chi connectivity index (χ2v) is 9.20. The molecular weight excluding hydrogens is 501 g/mol. The number of hydrogen-bond acceptors (Lipinski definition) is 4. The summed E-state index contributed by atoms with van der Waals surface area (Å²) in [6, 6.07) is 16.9. The number of aryl methyl sites for hydroxylation is 2. The Labute approximate surface area is 203 Å². The zero-order valence-electron chi connectivity index (χ0n) is 18.3. The summed E-state index contributed by atoms with van der Waals surface area (Å²) in [6.45, 7) is 3.87. The highest BCUT2D eigenvalue weighted by atomic mass is 79.9. The van der Waals surface area contributed by atoms with Crippen LogP contribution in [0.15, 0.2) is 87.0 Å². The summed E-state index contributed by atoms with van der Waals surface area (Å²) in [5, 5.41) is 11.6. The number of nitrogens with zero attached hydrogens (tertiary/aromatic N) is 1. The minimum atomic E-state index is -0.956. The van der Waals surface area contributed by atoms with Crippen molar-refractivity contribution in [2.45, 2.75) is 19.9 Å². The highest BCUT2D eigenvalue weighted by Gasteiger charge is 2.45. The SMILES string of the molecule is Cc1ccc(N2C(=O)C(O)=C(C(=O)c3cc4cc(Br)ccc4o3)C2c2ccc(F)cc2)cc1C. The molecular formula is C27H19BrFNO4. The first-order chi connectivity index (χ1) is 16.2. The van der Waals surface area contributed by atoms with Gasteiger partial charge in [0.1, 0.15) is 11.4 Å². The van der Waals surface area contributed by atoms with Crippen LogP contribution in [0.3, 0.4) is 0 Å².